The van der Waals surface area contributed by atoms with Gasteiger partial charge in [-0.05, 0) is 30.7 Å². The van der Waals surface area contributed by atoms with Gasteiger partial charge in [0.1, 0.15) is 5.69 Å². The monoisotopic (exact) mass is 236 g/mol. The second kappa shape index (κ2) is 3.89. The van der Waals surface area contributed by atoms with Gasteiger partial charge in [-0.3, -0.25) is 5.10 Å². The molecule has 17 heavy (non-hydrogen) atoms. The van der Waals surface area contributed by atoms with Crippen LogP contribution in [0.25, 0.3) is 11.3 Å². The number of aromatic carboxylic acids is 1. The lowest BCUT2D eigenvalue weighted by Crippen LogP contribution is -1.95. The van der Waals surface area contributed by atoms with Gasteiger partial charge in [0.2, 0.25) is 0 Å². The molecular weight excluding hydrogens is 227 g/mol. The maximum Gasteiger partial charge on any atom is 0.353 e. The molecular formula is C11H9FN2O3. The zero-order chi connectivity index (χ0) is 12.6. The quantitative estimate of drug-likeness (QED) is 0.743. The van der Waals surface area contributed by atoms with Gasteiger partial charge >= 0.3 is 5.97 Å². The van der Waals surface area contributed by atoms with Crippen LogP contribution >= 0.6 is 0 Å². The molecule has 6 heteroatoms. The van der Waals surface area contributed by atoms with Gasteiger partial charge in [-0.1, -0.05) is 0 Å². The standard InChI is InChI=1S/C11H9FN2O3/c1-5-2-6(3-9(15)10(5)12)7-4-8(11(16)17)14-13-7/h2-4,15H,1H3,(H,13,14)(H,16,17). The largest absolute Gasteiger partial charge is 0.505 e. The van der Waals surface area contributed by atoms with E-state index in [0.717, 1.165) is 0 Å². The summed E-state index contributed by atoms with van der Waals surface area (Å²) >= 11 is 0. The number of halogens is 1. The van der Waals surface area contributed by atoms with Crippen molar-refractivity contribution < 1.29 is 19.4 Å². The van der Waals surface area contributed by atoms with E-state index in [-0.39, 0.29) is 11.3 Å². The van der Waals surface area contributed by atoms with Crippen molar-refractivity contribution in [2.75, 3.05) is 0 Å². The number of phenolic OH excluding ortho intramolecular Hbond substituents is 1. The number of hydrogen-bond acceptors (Lipinski definition) is 3. The zero-order valence-electron chi connectivity index (χ0n) is 8.86. The topological polar surface area (TPSA) is 86.2 Å². The fourth-order valence-corrected chi connectivity index (χ4v) is 1.48. The molecule has 88 valence electrons. The molecule has 0 saturated carbocycles. The number of hydrogen-bond donors (Lipinski definition) is 3. The van der Waals surface area contributed by atoms with Gasteiger partial charge < -0.3 is 10.2 Å². The van der Waals surface area contributed by atoms with Crippen LogP contribution in [-0.2, 0) is 0 Å². The molecule has 0 bridgehead atoms. The van der Waals surface area contributed by atoms with Crippen molar-refractivity contribution in [3.05, 3.63) is 35.3 Å². The number of aromatic nitrogens is 2. The number of aromatic hydroxyl groups is 1. The van der Waals surface area contributed by atoms with E-state index in [4.69, 9.17) is 5.11 Å². The average molecular weight is 236 g/mol. The first-order chi connectivity index (χ1) is 7.99. The average Bonchev–Trinajstić information content (AvgIpc) is 2.74. The number of aromatic amines is 1. The third-order valence-electron chi connectivity index (χ3n) is 2.34. The number of nitrogens with one attached hydrogen (secondary N) is 1. The molecule has 5 nitrogen and oxygen atoms in total. The molecule has 1 aromatic carbocycles. The van der Waals surface area contributed by atoms with Crippen molar-refractivity contribution in [2.24, 2.45) is 0 Å². The molecule has 0 aliphatic heterocycles. The summed E-state index contributed by atoms with van der Waals surface area (Å²) in [5.74, 6) is -2.31. The summed E-state index contributed by atoms with van der Waals surface area (Å²) in [7, 11) is 0. The minimum absolute atomic E-state index is 0.0681. The van der Waals surface area contributed by atoms with Crippen LogP contribution in [0.1, 0.15) is 16.1 Å². The Hall–Kier alpha value is -2.37. The van der Waals surface area contributed by atoms with Crippen molar-refractivity contribution >= 4 is 5.97 Å². The molecule has 0 radical (unpaired) electrons. The van der Waals surface area contributed by atoms with Crippen LogP contribution in [0.2, 0.25) is 0 Å². The molecule has 0 fully saturated rings. The summed E-state index contributed by atoms with van der Waals surface area (Å²) in [4.78, 5) is 10.7. The summed E-state index contributed by atoms with van der Waals surface area (Å²) in [5, 5.41) is 24.2. The number of phenols is 1. The van der Waals surface area contributed by atoms with E-state index in [9.17, 15) is 14.3 Å². The van der Waals surface area contributed by atoms with E-state index in [0.29, 0.717) is 11.3 Å². The highest BCUT2D eigenvalue weighted by Gasteiger charge is 2.12. The van der Waals surface area contributed by atoms with Crippen molar-refractivity contribution in [3.63, 3.8) is 0 Å². The minimum Gasteiger partial charge on any atom is -0.505 e. The van der Waals surface area contributed by atoms with Gasteiger partial charge in [0.25, 0.3) is 0 Å². The Morgan fingerprint density at radius 2 is 2.12 bits per heavy atom. The number of nitrogens with zero attached hydrogens (tertiary/aromatic N) is 1. The summed E-state index contributed by atoms with van der Waals surface area (Å²) in [6, 6.07) is 4.00. The van der Waals surface area contributed by atoms with Crippen LogP contribution < -0.4 is 0 Å². The van der Waals surface area contributed by atoms with Gasteiger partial charge in [0.05, 0.1) is 5.69 Å². The van der Waals surface area contributed by atoms with E-state index < -0.39 is 17.5 Å². The lowest BCUT2D eigenvalue weighted by atomic mass is 10.1. The Labute approximate surface area is 95.5 Å². The van der Waals surface area contributed by atoms with Crippen molar-refractivity contribution in [1.29, 1.82) is 0 Å². The maximum atomic E-state index is 13.2. The number of aryl methyl sites for hydroxylation is 1. The SMILES string of the molecule is Cc1cc(-c2cc(C(=O)O)[nH]n2)cc(O)c1F. The number of carbonyl (C=O) groups is 1. The first kappa shape index (κ1) is 11.1. The van der Waals surface area contributed by atoms with Gasteiger partial charge in [-0.25, -0.2) is 9.18 Å². The smallest absolute Gasteiger partial charge is 0.353 e. The Kier molecular flexibility index (Phi) is 2.55. The summed E-state index contributed by atoms with van der Waals surface area (Å²) in [6.45, 7) is 1.50. The van der Waals surface area contributed by atoms with Gasteiger partial charge in [0.15, 0.2) is 11.6 Å². The molecule has 3 N–H and O–H groups in total. The Morgan fingerprint density at radius 3 is 2.65 bits per heavy atom. The second-order valence-electron chi connectivity index (χ2n) is 3.60. The molecule has 2 rings (SSSR count). The number of carboxylic acids is 1. The summed E-state index contributed by atoms with van der Waals surface area (Å²) in [6.07, 6.45) is 0. The Bertz CT molecular complexity index is 569. The molecule has 0 saturated heterocycles. The lowest BCUT2D eigenvalue weighted by Gasteiger charge is -2.02. The number of H-pyrrole nitrogens is 1. The van der Waals surface area contributed by atoms with Crippen LogP contribution in [0.4, 0.5) is 4.39 Å². The van der Waals surface area contributed by atoms with E-state index in [1.807, 2.05) is 0 Å². The van der Waals surface area contributed by atoms with Crippen LogP contribution in [0.15, 0.2) is 18.2 Å². The van der Waals surface area contributed by atoms with Gasteiger partial charge in [0, 0.05) is 5.56 Å². The molecule has 0 amide bonds. The van der Waals surface area contributed by atoms with Crippen molar-refractivity contribution in [1.82, 2.24) is 10.2 Å². The van der Waals surface area contributed by atoms with E-state index in [1.54, 1.807) is 0 Å². The molecule has 0 spiro atoms. The van der Waals surface area contributed by atoms with E-state index >= 15 is 0 Å². The normalized spacial score (nSPS) is 10.5. The fourth-order valence-electron chi connectivity index (χ4n) is 1.48. The zero-order valence-corrected chi connectivity index (χ0v) is 8.86. The Morgan fingerprint density at radius 1 is 1.41 bits per heavy atom. The first-order valence-electron chi connectivity index (χ1n) is 4.77. The highest BCUT2D eigenvalue weighted by molar-refractivity contribution is 5.86. The number of benzene rings is 1. The van der Waals surface area contributed by atoms with Crippen molar-refractivity contribution in [3.8, 4) is 17.0 Å². The predicted octanol–water partition coefficient (Wildman–Crippen LogP) is 1.93. The second-order valence-corrected chi connectivity index (χ2v) is 3.60. The third kappa shape index (κ3) is 1.96. The third-order valence-corrected chi connectivity index (χ3v) is 2.34. The van der Waals surface area contributed by atoms with Gasteiger partial charge in [-0.2, -0.15) is 5.10 Å². The van der Waals surface area contributed by atoms with Crippen molar-refractivity contribution in [2.45, 2.75) is 6.92 Å². The number of carboxylic acid groups (broad SMARTS) is 1. The maximum absolute atomic E-state index is 13.2. The molecule has 0 atom stereocenters. The molecule has 0 unspecified atom stereocenters. The fraction of sp³-hybridized carbons (Fsp3) is 0.0909. The highest BCUT2D eigenvalue weighted by atomic mass is 19.1. The Balaban J connectivity index is 2.49. The molecule has 1 heterocycles. The van der Waals surface area contributed by atoms with Gasteiger partial charge in [-0.15, -0.1) is 0 Å². The first-order valence-corrected chi connectivity index (χ1v) is 4.77. The molecule has 0 aliphatic rings. The van der Waals surface area contributed by atoms with Crippen LogP contribution in [0.3, 0.4) is 0 Å². The lowest BCUT2D eigenvalue weighted by molar-refractivity contribution is 0.0690. The predicted molar refractivity (Wildman–Crippen MR) is 57.3 cm³/mol. The molecule has 2 aromatic rings. The molecule has 1 aromatic heterocycles. The van der Waals surface area contributed by atoms with Crippen LogP contribution in [-0.4, -0.2) is 26.4 Å². The van der Waals surface area contributed by atoms with E-state index in [1.165, 1.54) is 25.1 Å². The molecule has 0 aliphatic carbocycles. The van der Waals surface area contributed by atoms with Crippen LogP contribution in [0.5, 0.6) is 5.75 Å². The summed E-state index contributed by atoms with van der Waals surface area (Å²) < 4.78 is 13.2. The number of rotatable bonds is 2. The minimum atomic E-state index is -1.13. The van der Waals surface area contributed by atoms with Crippen LogP contribution in [0, 0.1) is 12.7 Å². The summed E-state index contributed by atoms with van der Waals surface area (Å²) in [5.41, 5.74) is 0.979. The highest BCUT2D eigenvalue weighted by Crippen LogP contribution is 2.27. The van der Waals surface area contributed by atoms with E-state index in [2.05, 4.69) is 10.2 Å².